The first-order valence-corrected chi connectivity index (χ1v) is 8.86. The molecule has 1 atom stereocenters. The molecule has 0 radical (unpaired) electrons. The van der Waals surface area contributed by atoms with Gasteiger partial charge in [-0.3, -0.25) is 14.6 Å². The molecule has 126 valence electrons. The zero-order chi connectivity index (χ0) is 16.4. The van der Waals surface area contributed by atoms with Crippen LogP contribution in [0.3, 0.4) is 0 Å². The van der Waals surface area contributed by atoms with Gasteiger partial charge in [0.05, 0.1) is 6.04 Å². The summed E-state index contributed by atoms with van der Waals surface area (Å²) in [5, 5.41) is 3.12. The zero-order valence-electron chi connectivity index (χ0n) is 14.6. The minimum absolute atomic E-state index is 0.00143. The van der Waals surface area contributed by atoms with Crippen LogP contribution in [-0.4, -0.2) is 54.0 Å². The van der Waals surface area contributed by atoms with Crippen LogP contribution in [0.1, 0.15) is 36.5 Å². The fraction of sp³-hybridized carbons (Fsp3) is 0.632. The molecule has 1 amide bonds. The Balaban J connectivity index is 1.49. The summed E-state index contributed by atoms with van der Waals surface area (Å²) in [6, 6.07) is 7.14. The monoisotopic (exact) mass is 315 g/mol. The second-order valence-corrected chi connectivity index (χ2v) is 7.20. The average Bonchev–Trinajstić information content (AvgIpc) is 3.35. The maximum absolute atomic E-state index is 12.2. The molecule has 1 aromatic carbocycles. The van der Waals surface area contributed by atoms with E-state index < -0.39 is 0 Å². The van der Waals surface area contributed by atoms with E-state index in [4.69, 9.17) is 0 Å². The van der Waals surface area contributed by atoms with Gasteiger partial charge in [-0.05, 0) is 44.7 Å². The van der Waals surface area contributed by atoms with Gasteiger partial charge in [0.15, 0.2) is 0 Å². The van der Waals surface area contributed by atoms with E-state index in [0.717, 1.165) is 45.6 Å². The number of amides is 1. The molecule has 1 aliphatic carbocycles. The molecule has 1 aliphatic heterocycles. The molecule has 4 nitrogen and oxygen atoms in total. The van der Waals surface area contributed by atoms with Crippen molar-refractivity contribution in [2.75, 3.05) is 26.2 Å². The lowest BCUT2D eigenvalue weighted by Gasteiger charge is -2.37. The SMILES string of the molecule is Cc1ccc(C)c(CN2CCN([C@@H](C)C(=O)NC3CC3)CC2)c1. The van der Waals surface area contributed by atoms with Crippen molar-refractivity contribution in [2.45, 2.75) is 52.2 Å². The quantitative estimate of drug-likeness (QED) is 0.904. The summed E-state index contributed by atoms with van der Waals surface area (Å²) in [4.78, 5) is 17.0. The van der Waals surface area contributed by atoms with Crippen molar-refractivity contribution in [2.24, 2.45) is 0 Å². The Hall–Kier alpha value is -1.39. The number of piperazine rings is 1. The molecule has 23 heavy (non-hydrogen) atoms. The van der Waals surface area contributed by atoms with Crippen LogP contribution in [0.25, 0.3) is 0 Å². The van der Waals surface area contributed by atoms with Gasteiger partial charge in [-0.15, -0.1) is 0 Å². The van der Waals surface area contributed by atoms with Crippen LogP contribution < -0.4 is 5.32 Å². The molecule has 3 rings (SSSR count). The van der Waals surface area contributed by atoms with Crippen molar-refractivity contribution < 1.29 is 4.79 Å². The lowest BCUT2D eigenvalue weighted by atomic mass is 10.0. The highest BCUT2D eigenvalue weighted by molar-refractivity contribution is 5.81. The summed E-state index contributed by atoms with van der Waals surface area (Å²) in [6.45, 7) is 11.4. The molecular formula is C19H29N3O. The normalized spacial score (nSPS) is 21.2. The number of carbonyl (C=O) groups excluding carboxylic acids is 1. The summed E-state index contributed by atoms with van der Waals surface area (Å²) in [5.41, 5.74) is 4.13. The minimum atomic E-state index is -0.00143. The van der Waals surface area contributed by atoms with Crippen LogP contribution in [0.2, 0.25) is 0 Å². The van der Waals surface area contributed by atoms with Gasteiger partial charge in [0.1, 0.15) is 0 Å². The molecule has 1 aromatic rings. The van der Waals surface area contributed by atoms with Crippen LogP contribution in [0.15, 0.2) is 18.2 Å². The van der Waals surface area contributed by atoms with E-state index in [1.54, 1.807) is 0 Å². The first kappa shape index (κ1) is 16.5. The van der Waals surface area contributed by atoms with E-state index in [2.05, 4.69) is 47.2 Å². The van der Waals surface area contributed by atoms with Crippen LogP contribution in [0, 0.1) is 13.8 Å². The fourth-order valence-electron chi connectivity index (χ4n) is 3.24. The molecule has 0 unspecified atom stereocenters. The van der Waals surface area contributed by atoms with E-state index in [9.17, 15) is 4.79 Å². The third kappa shape index (κ3) is 4.33. The Labute approximate surface area is 139 Å². The second-order valence-electron chi connectivity index (χ2n) is 7.20. The van der Waals surface area contributed by atoms with Crippen molar-refractivity contribution in [3.63, 3.8) is 0 Å². The van der Waals surface area contributed by atoms with Gasteiger partial charge in [0, 0.05) is 38.8 Å². The van der Waals surface area contributed by atoms with Gasteiger partial charge in [-0.1, -0.05) is 23.8 Å². The van der Waals surface area contributed by atoms with E-state index in [-0.39, 0.29) is 11.9 Å². The van der Waals surface area contributed by atoms with Gasteiger partial charge < -0.3 is 5.32 Å². The summed E-state index contributed by atoms with van der Waals surface area (Å²) in [5.74, 6) is 0.204. The van der Waals surface area contributed by atoms with Crippen molar-refractivity contribution in [1.29, 1.82) is 0 Å². The van der Waals surface area contributed by atoms with Crippen molar-refractivity contribution in [3.05, 3.63) is 34.9 Å². The highest BCUT2D eigenvalue weighted by Gasteiger charge is 2.29. The predicted molar refractivity (Wildman–Crippen MR) is 93.4 cm³/mol. The Bertz CT molecular complexity index is 560. The van der Waals surface area contributed by atoms with Crippen molar-refractivity contribution in [3.8, 4) is 0 Å². The van der Waals surface area contributed by atoms with Crippen LogP contribution in [-0.2, 0) is 11.3 Å². The molecule has 2 fully saturated rings. The number of rotatable bonds is 5. The fourth-order valence-corrected chi connectivity index (χ4v) is 3.24. The predicted octanol–water partition coefficient (Wildman–Crippen LogP) is 2.09. The largest absolute Gasteiger partial charge is 0.352 e. The lowest BCUT2D eigenvalue weighted by Crippen LogP contribution is -2.53. The first-order valence-electron chi connectivity index (χ1n) is 8.86. The van der Waals surface area contributed by atoms with E-state index in [0.29, 0.717) is 6.04 Å². The summed E-state index contributed by atoms with van der Waals surface area (Å²) in [6.07, 6.45) is 2.31. The summed E-state index contributed by atoms with van der Waals surface area (Å²) in [7, 11) is 0. The maximum Gasteiger partial charge on any atom is 0.237 e. The molecule has 1 N–H and O–H groups in total. The smallest absolute Gasteiger partial charge is 0.237 e. The highest BCUT2D eigenvalue weighted by Crippen LogP contribution is 2.20. The van der Waals surface area contributed by atoms with E-state index >= 15 is 0 Å². The molecule has 0 spiro atoms. The molecule has 1 heterocycles. The average molecular weight is 315 g/mol. The number of benzene rings is 1. The van der Waals surface area contributed by atoms with Gasteiger partial charge in [-0.25, -0.2) is 0 Å². The molecule has 0 aromatic heterocycles. The minimum Gasteiger partial charge on any atom is -0.352 e. The van der Waals surface area contributed by atoms with Gasteiger partial charge >= 0.3 is 0 Å². The molecule has 4 heteroatoms. The Morgan fingerprint density at radius 2 is 1.91 bits per heavy atom. The molecule has 2 aliphatic rings. The number of carbonyl (C=O) groups is 1. The number of nitrogens with zero attached hydrogens (tertiary/aromatic N) is 2. The summed E-state index contributed by atoms with van der Waals surface area (Å²) >= 11 is 0. The molecule has 0 bridgehead atoms. The van der Waals surface area contributed by atoms with Crippen molar-refractivity contribution >= 4 is 5.91 Å². The zero-order valence-corrected chi connectivity index (χ0v) is 14.6. The molecular weight excluding hydrogens is 286 g/mol. The van der Waals surface area contributed by atoms with Gasteiger partial charge in [-0.2, -0.15) is 0 Å². The van der Waals surface area contributed by atoms with Gasteiger partial charge in [0.25, 0.3) is 0 Å². The number of aryl methyl sites for hydroxylation is 2. The van der Waals surface area contributed by atoms with Gasteiger partial charge in [0.2, 0.25) is 5.91 Å². The Morgan fingerprint density at radius 1 is 1.22 bits per heavy atom. The van der Waals surface area contributed by atoms with Crippen molar-refractivity contribution in [1.82, 2.24) is 15.1 Å². The first-order chi connectivity index (χ1) is 11.0. The Morgan fingerprint density at radius 3 is 2.57 bits per heavy atom. The standard InChI is InChI=1S/C19H29N3O/c1-14-4-5-15(2)17(12-14)13-21-8-10-22(11-9-21)16(3)19(23)20-18-6-7-18/h4-5,12,16,18H,6-11,13H2,1-3H3,(H,20,23)/t16-/m0/s1. The Kier molecular flexibility index (Phi) is 5.02. The maximum atomic E-state index is 12.2. The topological polar surface area (TPSA) is 35.6 Å². The van der Waals surface area contributed by atoms with Crippen LogP contribution in [0.4, 0.5) is 0 Å². The third-order valence-electron chi connectivity index (χ3n) is 5.16. The number of hydrogen-bond donors (Lipinski definition) is 1. The summed E-state index contributed by atoms with van der Waals surface area (Å²) < 4.78 is 0. The number of hydrogen-bond acceptors (Lipinski definition) is 3. The van der Waals surface area contributed by atoms with E-state index in [1.165, 1.54) is 16.7 Å². The second kappa shape index (κ2) is 7.02. The lowest BCUT2D eigenvalue weighted by molar-refractivity contribution is -0.126. The highest BCUT2D eigenvalue weighted by atomic mass is 16.2. The molecule has 1 saturated carbocycles. The van der Waals surface area contributed by atoms with E-state index in [1.807, 2.05) is 6.92 Å². The van der Waals surface area contributed by atoms with Crippen LogP contribution in [0.5, 0.6) is 0 Å². The third-order valence-corrected chi connectivity index (χ3v) is 5.16. The van der Waals surface area contributed by atoms with Crippen LogP contribution >= 0.6 is 0 Å². The number of nitrogens with one attached hydrogen (secondary N) is 1. The molecule has 1 saturated heterocycles.